The zero-order chi connectivity index (χ0) is 11.8. The van der Waals surface area contributed by atoms with Crippen LogP contribution in [0.4, 0.5) is 8.78 Å². The van der Waals surface area contributed by atoms with E-state index in [0.717, 1.165) is 6.42 Å². The largest absolute Gasteiger partial charge is 0.339 e. The summed E-state index contributed by atoms with van der Waals surface area (Å²) in [6.07, 6.45) is -0.629. The Morgan fingerprint density at radius 2 is 1.87 bits per heavy atom. The van der Waals surface area contributed by atoms with Gasteiger partial charge in [0.1, 0.15) is 0 Å². The highest BCUT2D eigenvalue weighted by Crippen LogP contribution is 2.06. The third-order valence-electron chi connectivity index (χ3n) is 2.08. The van der Waals surface area contributed by atoms with Crippen molar-refractivity contribution < 1.29 is 13.6 Å². The average Bonchev–Trinajstić information content (AvgIpc) is 2.16. The van der Waals surface area contributed by atoms with Gasteiger partial charge in [-0.3, -0.25) is 4.79 Å². The molecule has 0 aromatic rings. The van der Waals surface area contributed by atoms with Gasteiger partial charge in [0.15, 0.2) is 0 Å². The van der Waals surface area contributed by atoms with Gasteiger partial charge in [-0.2, -0.15) is 0 Å². The molecule has 0 spiro atoms. The van der Waals surface area contributed by atoms with Crippen LogP contribution in [0.3, 0.4) is 0 Å². The zero-order valence-electron chi connectivity index (χ0n) is 9.38. The SMILES string of the molecule is C=CC(=O)N(CCC(C)C)CCC(F)F. The first-order valence-electron chi connectivity index (χ1n) is 5.16. The Morgan fingerprint density at radius 3 is 2.27 bits per heavy atom. The van der Waals surface area contributed by atoms with Crippen LogP contribution >= 0.6 is 0 Å². The summed E-state index contributed by atoms with van der Waals surface area (Å²) < 4.78 is 24.0. The fraction of sp³-hybridized carbons (Fsp3) is 0.727. The molecule has 0 unspecified atom stereocenters. The highest BCUT2D eigenvalue weighted by atomic mass is 19.3. The molecule has 1 amide bonds. The average molecular weight is 219 g/mol. The lowest BCUT2D eigenvalue weighted by molar-refractivity contribution is -0.126. The van der Waals surface area contributed by atoms with Crippen molar-refractivity contribution in [2.24, 2.45) is 5.92 Å². The number of halogens is 2. The maximum atomic E-state index is 12.0. The predicted octanol–water partition coefficient (Wildman–Crippen LogP) is 2.70. The highest BCUT2D eigenvalue weighted by Gasteiger charge is 2.13. The minimum absolute atomic E-state index is 0.106. The molecule has 0 bridgehead atoms. The lowest BCUT2D eigenvalue weighted by Crippen LogP contribution is -2.32. The van der Waals surface area contributed by atoms with Crippen LogP contribution in [0, 0.1) is 5.92 Å². The Kier molecular flexibility index (Phi) is 6.92. The van der Waals surface area contributed by atoms with Crippen LogP contribution in [0.25, 0.3) is 0 Å². The summed E-state index contributed by atoms with van der Waals surface area (Å²) >= 11 is 0. The second-order valence-electron chi connectivity index (χ2n) is 3.89. The molecule has 0 aliphatic rings. The molecule has 0 aliphatic heterocycles. The lowest BCUT2D eigenvalue weighted by atomic mass is 10.1. The fourth-order valence-electron chi connectivity index (χ4n) is 1.13. The molecule has 15 heavy (non-hydrogen) atoms. The zero-order valence-corrected chi connectivity index (χ0v) is 9.38. The van der Waals surface area contributed by atoms with Crippen molar-refractivity contribution in [2.75, 3.05) is 13.1 Å². The molecule has 88 valence electrons. The van der Waals surface area contributed by atoms with Gasteiger partial charge in [0, 0.05) is 19.5 Å². The van der Waals surface area contributed by atoms with Gasteiger partial charge >= 0.3 is 0 Å². The fourth-order valence-corrected chi connectivity index (χ4v) is 1.13. The van der Waals surface area contributed by atoms with E-state index in [1.807, 2.05) is 13.8 Å². The summed E-state index contributed by atoms with van der Waals surface area (Å²) in [5.41, 5.74) is 0. The van der Waals surface area contributed by atoms with Gasteiger partial charge < -0.3 is 4.90 Å². The van der Waals surface area contributed by atoms with Crippen LogP contribution in [0.15, 0.2) is 12.7 Å². The maximum absolute atomic E-state index is 12.0. The van der Waals surface area contributed by atoms with Crippen LogP contribution < -0.4 is 0 Å². The number of alkyl halides is 2. The van der Waals surface area contributed by atoms with Gasteiger partial charge in [-0.05, 0) is 18.4 Å². The maximum Gasteiger partial charge on any atom is 0.245 e. The minimum atomic E-state index is -2.36. The first kappa shape index (κ1) is 14.1. The van der Waals surface area contributed by atoms with E-state index in [0.29, 0.717) is 12.5 Å². The van der Waals surface area contributed by atoms with Crippen molar-refractivity contribution in [1.82, 2.24) is 4.90 Å². The topological polar surface area (TPSA) is 20.3 Å². The summed E-state index contributed by atoms with van der Waals surface area (Å²) in [6.45, 7) is 8.05. The van der Waals surface area contributed by atoms with Gasteiger partial charge in [-0.25, -0.2) is 8.78 Å². The van der Waals surface area contributed by atoms with Gasteiger partial charge in [0.2, 0.25) is 12.3 Å². The van der Waals surface area contributed by atoms with Crippen LogP contribution in [-0.4, -0.2) is 30.3 Å². The van der Waals surface area contributed by atoms with Gasteiger partial charge in [-0.15, -0.1) is 0 Å². The summed E-state index contributed by atoms with van der Waals surface area (Å²) in [5, 5.41) is 0. The molecular formula is C11H19F2NO. The smallest absolute Gasteiger partial charge is 0.245 e. The van der Waals surface area contributed by atoms with E-state index in [-0.39, 0.29) is 18.9 Å². The standard InChI is InChI=1S/C11H19F2NO/c1-4-11(15)14(7-5-9(2)3)8-6-10(12)13/h4,9-10H,1,5-8H2,2-3H3. The van der Waals surface area contributed by atoms with Crippen molar-refractivity contribution in [2.45, 2.75) is 33.1 Å². The minimum Gasteiger partial charge on any atom is -0.339 e. The van der Waals surface area contributed by atoms with E-state index in [9.17, 15) is 13.6 Å². The van der Waals surface area contributed by atoms with Gasteiger partial charge in [-0.1, -0.05) is 20.4 Å². The molecule has 0 radical (unpaired) electrons. The number of hydrogen-bond acceptors (Lipinski definition) is 1. The number of carbonyl (C=O) groups is 1. The summed E-state index contributed by atoms with van der Waals surface area (Å²) in [5.74, 6) is 0.188. The molecule has 0 saturated heterocycles. The first-order chi connectivity index (χ1) is 6.97. The third-order valence-corrected chi connectivity index (χ3v) is 2.08. The molecule has 0 saturated carbocycles. The molecular weight excluding hydrogens is 200 g/mol. The number of rotatable bonds is 7. The summed E-state index contributed by atoms with van der Waals surface area (Å²) in [6, 6.07) is 0. The first-order valence-corrected chi connectivity index (χ1v) is 5.16. The van der Waals surface area contributed by atoms with E-state index in [1.165, 1.54) is 11.0 Å². The highest BCUT2D eigenvalue weighted by molar-refractivity contribution is 5.86. The van der Waals surface area contributed by atoms with Crippen LogP contribution in [0.2, 0.25) is 0 Å². The molecule has 2 nitrogen and oxygen atoms in total. The number of carbonyl (C=O) groups excluding carboxylic acids is 1. The van der Waals surface area contributed by atoms with E-state index >= 15 is 0 Å². The predicted molar refractivity (Wildman–Crippen MR) is 56.9 cm³/mol. The number of hydrogen-bond donors (Lipinski definition) is 0. The summed E-state index contributed by atoms with van der Waals surface area (Å²) in [4.78, 5) is 12.7. The Bertz CT molecular complexity index is 193. The molecule has 0 N–H and O–H groups in total. The molecule has 0 rings (SSSR count). The monoisotopic (exact) mass is 219 g/mol. The van der Waals surface area contributed by atoms with E-state index in [4.69, 9.17) is 0 Å². The summed E-state index contributed by atoms with van der Waals surface area (Å²) in [7, 11) is 0. The van der Waals surface area contributed by atoms with Crippen LogP contribution in [0.5, 0.6) is 0 Å². The Balaban J connectivity index is 4.06. The normalized spacial score (nSPS) is 10.8. The number of nitrogens with zero attached hydrogens (tertiary/aromatic N) is 1. The molecule has 0 aromatic carbocycles. The quantitative estimate of drug-likeness (QED) is 0.603. The van der Waals surface area contributed by atoms with Crippen molar-refractivity contribution in [3.05, 3.63) is 12.7 Å². The van der Waals surface area contributed by atoms with E-state index < -0.39 is 6.43 Å². The number of amides is 1. The van der Waals surface area contributed by atoms with Crippen molar-refractivity contribution in [3.8, 4) is 0 Å². The molecule has 0 aliphatic carbocycles. The Labute approximate surface area is 90.0 Å². The third kappa shape index (κ3) is 7.05. The Hall–Kier alpha value is -0.930. The van der Waals surface area contributed by atoms with Gasteiger partial charge in [0.05, 0.1) is 0 Å². The molecule has 0 aromatic heterocycles. The molecule has 4 heteroatoms. The Morgan fingerprint density at radius 1 is 1.33 bits per heavy atom. The second kappa shape index (κ2) is 7.37. The lowest BCUT2D eigenvalue weighted by Gasteiger charge is -2.21. The van der Waals surface area contributed by atoms with E-state index in [1.54, 1.807) is 0 Å². The van der Waals surface area contributed by atoms with Crippen molar-refractivity contribution in [3.63, 3.8) is 0 Å². The van der Waals surface area contributed by atoms with Crippen LogP contribution in [-0.2, 0) is 4.79 Å². The van der Waals surface area contributed by atoms with Crippen LogP contribution in [0.1, 0.15) is 26.7 Å². The van der Waals surface area contributed by atoms with E-state index in [2.05, 4.69) is 6.58 Å². The van der Waals surface area contributed by atoms with Crippen molar-refractivity contribution in [1.29, 1.82) is 0 Å². The van der Waals surface area contributed by atoms with Crippen molar-refractivity contribution >= 4 is 5.91 Å². The second-order valence-corrected chi connectivity index (χ2v) is 3.89. The van der Waals surface area contributed by atoms with Gasteiger partial charge in [0.25, 0.3) is 0 Å². The molecule has 0 fully saturated rings. The molecule has 0 heterocycles. The molecule has 0 atom stereocenters.